The molecule has 25 heavy (non-hydrogen) atoms. The number of fused-ring (bicyclic) bond motifs is 1. The van der Waals surface area contributed by atoms with E-state index in [4.69, 9.17) is 0 Å². The van der Waals surface area contributed by atoms with Crippen LogP contribution in [-0.4, -0.2) is 28.5 Å². The van der Waals surface area contributed by atoms with Crippen molar-refractivity contribution in [3.63, 3.8) is 0 Å². The van der Waals surface area contributed by atoms with E-state index in [0.29, 0.717) is 12.5 Å². The Kier molecular flexibility index (Phi) is 3.89. The summed E-state index contributed by atoms with van der Waals surface area (Å²) in [6, 6.07) is 7.96. The van der Waals surface area contributed by atoms with Crippen molar-refractivity contribution in [2.45, 2.75) is 20.4 Å². The average molecular weight is 351 g/mol. The van der Waals surface area contributed by atoms with Crippen LogP contribution in [-0.2, 0) is 13.6 Å². The highest BCUT2D eigenvalue weighted by molar-refractivity contribution is 7.00. The molecule has 0 saturated heterocycles. The van der Waals surface area contributed by atoms with E-state index in [9.17, 15) is 0 Å². The molecule has 126 valence electrons. The number of rotatable bonds is 4. The Labute approximate surface area is 149 Å². The molecular formula is C17H17N7S. The highest BCUT2D eigenvalue weighted by Gasteiger charge is 2.13. The predicted octanol–water partition coefficient (Wildman–Crippen LogP) is 3.11. The Morgan fingerprint density at radius 1 is 1.12 bits per heavy atom. The number of aromatic nitrogens is 6. The summed E-state index contributed by atoms with van der Waals surface area (Å²) in [7, 11) is 1.94. The zero-order chi connectivity index (χ0) is 17.4. The fourth-order valence-electron chi connectivity index (χ4n) is 2.85. The third-order valence-corrected chi connectivity index (χ3v) is 4.75. The van der Waals surface area contributed by atoms with Crippen LogP contribution in [0.2, 0.25) is 0 Å². The van der Waals surface area contributed by atoms with Gasteiger partial charge in [0.25, 0.3) is 0 Å². The minimum absolute atomic E-state index is 0.594. The third-order valence-electron chi connectivity index (χ3n) is 4.19. The number of nitrogens with one attached hydrogen (secondary N) is 1. The van der Waals surface area contributed by atoms with Crippen molar-refractivity contribution in [1.29, 1.82) is 0 Å². The average Bonchev–Trinajstić information content (AvgIpc) is 3.17. The van der Waals surface area contributed by atoms with E-state index >= 15 is 0 Å². The molecule has 0 aliphatic rings. The van der Waals surface area contributed by atoms with Gasteiger partial charge >= 0.3 is 0 Å². The molecule has 1 N–H and O–H groups in total. The van der Waals surface area contributed by atoms with Gasteiger partial charge in [-0.25, -0.2) is 9.97 Å². The Morgan fingerprint density at radius 3 is 2.76 bits per heavy atom. The Bertz CT molecular complexity index is 1050. The minimum Gasteiger partial charge on any atom is -0.350 e. The molecule has 0 unspecified atom stereocenters. The normalized spacial score (nSPS) is 11.2. The van der Waals surface area contributed by atoms with Crippen molar-refractivity contribution in [2.24, 2.45) is 7.05 Å². The van der Waals surface area contributed by atoms with Crippen LogP contribution < -0.4 is 5.32 Å². The first-order valence-electron chi connectivity index (χ1n) is 7.90. The maximum Gasteiger partial charge on any atom is 0.223 e. The number of anilines is 1. The fourth-order valence-corrected chi connectivity index (χ4v) is 3.36. The predicted molar refractivity (Wildman–Crippen MR) is 98.4 cm³/mol. The first-order valence-corrected chi connectivity index (χ1v) is 8.63. The summed E-state index contributed by atoms with van der Waals surface area (Å²) in [5.74, 6) is 0.594. The second kappa shape index (κ2) is 6.21. The van der Waals surface area contributed by atoms with E-state index in [1.807, 2.05) is 49.8 Å². The van der Waals surface area contributed by atoms with Gasteiger partial charge in [0, 0.05) is 31.0 Å². The van der Waals surface area contributed by atoms with Crippen molar-refractivity contribution in [2.75, 3.05) is 5.32 Å². The second-order valence-corrected chi connectivity index (χ2v) is 6.40. The summed E-state index contributed by atoms with van der Waals surface area (Å²) in [5.41, 5.74) is 6.94. The monoisotopic (exact) mass is 351 g/mol. The molecule has 7 nitrogen and oxygen atoms in total. The van der Waals surface area contributed by atoms with Gasteiger partial charge in [0.2, 0.25) is 5.95 Å². The summed E-state index contributed by atoms with van der Waals surface area (Å²) in [5, 5.41) is 7.74. The van der Waals surface area contributed by atoms with Gasteiger partial charge in [0.1, 0.15) is 11.0 Å². The highest BCUT2D eigenvalue weighted by atomic mass is 32.1. The van der Waals surface area contributed by atoms with Crippen molar-refractivity contribution < 1.29 is 0 Å². The lowest BCUT2D eigenvalue weighted by Crippen LogP contribution is -2.04. The largest absolute Gasteiger partial charge is 0.350 e. The fraction of sp³-hybridized carbons (Fsp3) is 0.235. The van der Waals surface area contributed by atoms with Gasteiger partial charge in [-0.2, -0.15) is 13.8 Å². The van der Waals surface area contributed by atoms with E-state index in [-0.39, 0.29) is 0 Å². The maximum absolute atomic E-state index is 4.64. The van der Waals surface area contributed by atoms with Gasteiger partial charge in [-0.1, -0.05) is 6.07 Å². The molecule has 0 amide bonds. The van der Waals surface area contributed by atoms with Crippen LogP contribution in [0.25, 0.3) is 22.3 Å². The number of hydrogen-bond acceptors (Lipinski definition) is 7. The maximum atomic E-state index is 4.64. The molecule has 0 atom stereocenters. The lowest BCUT2D eigenvalue weighted by atomic mass is 10.1. The smallest absolute Gasteiger partial charge is 0.223 e. The summed E-state index contributed by atoms with van der Waals surface area (Å²) in [4.78, 5) is 8.97. The third kappa shape index (κ3) is 2.96. The van der Waals surface area contributed by atoms with E-state index < -0.39 is 0 Å². The lowest BCUT2D eigenvalue weighted by Gasteiger charge is -2.07. The molecule has 3 aromatic heterocycles. The van der Waals surface area contributed by atoms with Crippen molar-refractivity contribution >= 4 is 28.7 Å². The number of hydrogen-bond donors (Lipinski definition) is 1. The Morgan fingerprint density at radius 2 is 1.96 bits per heavy atom. The molecule has 0 bridgehead atoms. The van der Waals surface area contributed by atoms with Crippen molar-refractivity contribution in [1.82, 2.24) is 28.5 Å². The SMILES string of the molecule is Cc1nn(C)c(C)c1-c1ccnc(NCc2ccc3nsnc3c2)n1. The van der Waals surface area contributed by atoms with E-state index in [1.165, 1.54) is 11.7 Å². The van der Waals surface area contributed by atoms with Gasteiger partial charge in [-0.15, -0.1) is 0 Å². The van der Waals surface area contributed by atoms with Crippen LogP contribution in [0.4, 0.5) is 5.95 Å². The van der Waals surface area contributed by atoms with E-state index in [2.05, 4.69) is 29.1 Å². The summed E-state index contributed by atoms with van der Waals surface area (Å²) >= 11 is 1.23. The summed E-state index contributed by atoms with van der Waals surface area (Å²) < 4.78 is 10.4. The topological polar surface area (TPSA) is 81.4 Å². The quantitative estimate of drug-likeness (QED) is 0.608. The van der Waals surface area contributed by atoms with Crippen LogP contribution >= 0.6 is 11.7 Å². The molecule has 4 rings (SSSR count). The molecule has 0 saturated carbocycles. The minimum atomic E-state index is 0.594. The Hall–Kier alpha value is -2.87. The molecule has 0 aliphatic heterocycles. The zero-order valence-electron chi connectivity index (χ0n) is 14.2. The molecular weight excluding hydrogens is 334 g/mol. The number of aryl methyl sites for hydroxylation is 2. The molecule has 3 heterocycles. The first kappa shape index (κ1) is 15.6. The van der Waals surface area contributed by atoms with E-state index in [0.717, 1.165) is 39.2 Å². The number of benzene rings is 1. The van der Waals surface area contributed by atoms with Gasteiger partial charge in [-0.3, -0.25) is 4.68 Å². The van der Waals surface area contributed by atoms with Crippen LogP contribution in [0.3, 0.4) is 0 Å². The first-order chi connectivity index (χ1) is 12.1. The van der Waals surface area contributed by atoms with Crippen LogP contribution in [0, 0.1) is 13.8 Å². The molecule has 0 radical (unpaired) electrons. The summed E-state index contributed by atoms with van der Waals surface area (Å²) in [6.45, 7) is 4.66. The van der Waals surface area contributed by atoms with E-state index in [1.54, 1.807) is 6.20 Å². The van der Waals surface area contributed by atoms with Gasteiger partial charge < -0.3 is 5.32 Å². The number of nitrogens with zero attached hydrogens (tertiary/aromatic N) is 6. The van der Waals surface area contributed by atoms with Crippen LogP contribution in [0.1, 0.15) is 17.0 Å². The van der Waals surface area contributed by atoms with Crippen molar-refractivity contribution in [3.8, 4) is 11.3 Å². The molecule has 8 heteroatoms. The zero-order valence-corrected chi connectivity index (χ0v) is 15.0. The second-order valence-electron chi connectivity index (χ2n) is 5.88. The van der Waals surface area contributed by atoms with Crippen LogP contribution in [0.5, 0.6) is 0 Å². The van der Waals surface area contributed by atoms with Crippen molar-refractivity contribution in [3.05, 3.63) is 47.4 Å². The lowest BCUT2D eigenvalue weighted by molar-refractivity contribution is 0.731. The molecule has 0 fully saturated rings. The molecule has 4 aromatic rings. The van der Waals surface area contributed by atoms with Gasteiger partial charge in [0.15, 0.2) is 0 Å². The molecule has 0 aliphatic carbocycles. The molecule has 0 spiro atoms. The van der Waals surface area contributed by atoms with Gasteiger partial charge in [-0.05, 0) is 37.6 Å². The Balaban J connectivity index is 1.57. The van der Waals surface area contributed by atoms with Gasteiger partial charge in [0.05, 0.1) is 23.1 Å². The molecule has 1 aromatic carbocycles. The van der Waals surface area contributed by atoms with Crippen LogP contribution in [0.15, 0.2) is 30.5 Å². The standard InChI is InChI=1S/C17H17N7S/c1-10-16(11(2)24(3)21-10)14-6-7-18-17(20-14)19-9-12-4-5-13-15(8-12)23-25-22-13/h4-8H,9H2,1-3H3,(H,18,19,20). The highest BCUT2D eigenvalue weighted by Crippen LogP contribution is 2.25. The summed E-state index contributed by atoms with van der Waals surface area (Å²) in [6.07, 6.45) is 1.77.